The lowest BCUT2D eigenvalue weighted by Crippen LogP contribution is -2.25. The summed E-state index contributed by atoms with van der Waals surface area (Å²) in [6.07, 6.45) is 0. The molecule has 0 aliphatic rings. The van der Waals surface area contributed by atoms with Crippen LogP contribution in [0, 0.1) is 0 Å². The molecule has 6 heteroatoms. The zero-order valence-electron chi connectivity index (χ0n) is 9.73. The standard InChI is InChI=1S/C10H16O6/c1-5-15-6(8(11)12)7(9(13)14)16-10(2,3)4/h5H2,1-4H3,(H,11,12)(H,13,14)/b7-6-. The summed E-state index contributed by atoms with van der Waals surface area (Å²) in [5.41, 5.74) is -0.814. The topological polar surface area (TPSA) is 93.1 Å². The van der Waals surface area contributed by atoms with Crippen LogP contribution in [-0.4, -0.2) is 34.4 Å². The predicted molar refractivity (Wildman–Crippen MR) is 54.8 cm³/mol. The van der Waals surface area contributed by atoms with Crippen molar-refractivity contribution in [3.05, 3.63) is 11.5 Å². The summed E-state index contributed by atoms with van der Waals surface area (Å²) in [5.74, 6) is -4.32. The maximum atomic E-state index is 10.9. The Morgan fingerprint density at radius 1 is 1.06 bits per heavy atom. The Labute approximate surface area is 93.5 Å². The maximum Gasteiger partial charge on any atom is 0.375 e. The lowest BCUT2D eigenvalue weighted by molar-refractivity contribution is -0.144. The van der Waals surface area contributed by atoms with E-state index in [0.717, 1.165) is 0 Å². The minimum Gasteiger partial charge on any atom is -0.484 e. The van der Waals surface area contributed by atoms with Crippen LogP contribution in [0.2, 0.25) is 0 Å². The number of ether oxygens (including phenoxy) is 2. The molecule has 0 aromatic rings. The van der Waals surface area contributed by atoms with Crippen molar-refractivity contribution in [2.45, 2.75) is 33.3 Å². The van der Waals surface area contributed by atoms with E-state index >= 15 is 0 Å². The zero-order valence-corrected chi connectivity index (χ0v) is 9.73. The van der Waals surface area contributed by atoms with Gasteiger partial charge in [-0.15, -0.1) is 0 Å². The van der Waals surface area contributed by atoms with E-state index in [1.165, 1.54) is 0 Å². The number of carboxylic acids is 2. The first kappa shape index (κ1) is 14.3. The van der Waals surface area contributed by atoms with Crippen LogP contribution in [0.5, 0.6) is 0 Å². The SMILES string of the molecule is CCO/C(C(=O)O)=C(\OC(C)(C)C)C(=O)O. The number of carboxylic acid groups (broad SMARTS) is 2. The minimum atomic E-state index is -1.47. The van der Waals surface area contributed by atoms with Gasteiger partial charge in [0.2, 0.25) is 0 Å². The van der Waals surface area contributed by atoms with Crippen molar-refractivity contribution in [3.63, 3.8) is 0 Å². The summed E-state index contributed by atoms with van der Waals surface area (Å²) in [4.78, 5) is 21.7. The first-order chi connectivity index (χ1) is 7.19. The van der Waals surface area contributed by atoms with Gasteiger partial charge in [-0.3, -0.25) is 0 Å². The third-order valence-electron chi connectivity index (χ3n) is 1.29. The van der Waals surface area contributed by atoms with Crippen LogP contribution in [0.25, 0.3) is 0 Å². The van der Waals surface area contributed by atoms with E-state index in [2.05, 4.69) is 0 Å². The molecule has 16 heavy (non-hydrogen) atoms. The van der Waals surface area contributed by atoms with Gasteiger partial charge in [0.1, 0.15) is 5.60 Å². The third kappa shape index (κ3) is 4.68. The number of aliphatic carboxylic acids is 2. The second-order valence-corrected chi connectivity index (χ2v) is 3.92. The van der Waals surface area contributed by atoms with Crippen molar-refractivity contribution < 1.29 is 29.3 Å². The van der Waals surface area contributed by atoms with E-state index in [0.29, 0.717) is 0 Å². The summed E-state index contributed by atoms with van der Waals surface area (Å²) in [7, 11) is 0. The Kier molecular flexibility index (Phi) is 4.81. The quantitative estimate of drug-likeness (QED) is 0.546. The molecular formula is C10H16O6. The van der Waals surface area contributed by atoms with Gasteiger partial charge in [0.25, 0.3) is 11.5 Å². The Balaban J connectivity index is 5.32. The number of hydrogen-bond donors (Lipinski definition) is 2. The fourth-order valence-electron chi connectivity index (χ4n) is 0.862. The molecular weight excluding hydrogens is 216 g/mol. The largest absolute Gasteiger partial charge is 0.484 e. The molecule has 0 aliphatic heterocycles. The molecule has 0 bridgehead atoms. The predicted octanol–water partition coefficient (Wildman–Crippen LogP) is 1.22. The summed E-state index contributed by atoms with van der Waals surface area (Å²) < 4.78 is 9.80. The van der Waals surface area contributed by atoms with Crippen molar-refractivity contribution in [1.82, 2.24) is 0 Å². The van der Waals surface area contributed by atoms with Crippen LogP contribution in [0.3, 0.4) is 0 Å². The zero-order chi connectivity index (χ0) is 12.9. The van der Waals surface area contributed by atoms with E-state index in [1.54, 1.807) is 27.7 Å². The van der Waals surface area contributed by atoms with Crippen molar-refractivity contribution in [1.29, 1.82) is 0 Å². The van der Waals surface area contributed by atoms with Crippen molar-refractivity contribution in [3.8, 4) is 0 Å². The molecule has 0 aromatic carbocycles. The van der Waals surface area contributed by atoms with E-state index in [4.69, 9.17) is 19.7 Å². The average Bonchev–Trinajstić information content (AvgIpc) is 2.08. The molecule has 2 N–H and O–H groups in total. The van der Waals surface area contributed by atoms with Crippen LogP contribution >= 0.6 is 0 Å². The highest BCUT2D eigenvalue weighted by Gasteiger charge is 2.28. The Morgan fingerprint density at radius 3 is 1.75 bits per heavy atom. The van der Waals surface area contributed by atoms with Gasteiger partial charge < -0.3 is 19.7 Å². The van der Waals surface area contributed by atoms with Gasteiger partial charge >= 0.3 is 11.9 Å². The summed E-state index contributed by atoms with van der Waals surface area (Å²) in [6, 6.07) is 0. The fourth-order valence-corrected chi connectivity index (χ4v) is 0.862. The van der Waals surface area contributed by atoms with Crippen molar-refractivity contribution in [2.75, 3.05) is 6.61 Å². The first-order valence-electron chi connectivity index (χ1n) is 4.71. The highest BCUT2D eigenvalue weighted by atomic mass is 16.6. The Bertz CT molecular complexity index is 310. The van der Waals surface area contributed by atoms with Gasteiger partial charge in [0.05, 0.1) is 6.61 Å². The molecule has 6 nitrogen and oxygen atoms in total. The maximum absolute atomic E-state index is 10.9. The minimum absolute atomic E-state index is 0.0475. The molecule has 0 unspecified atom stereocenters. The molecule has 0 rings (SSSR count). The molecule has 92 valence electrons. The Hall–Kier alpha value is -1.72. The lowest BCUT2D eigenvalue weighted by atomic mass is 10.2. The molecule has 0 saturated heterocycles. The lowest BCUT2D eigenvalue weighted by Gasteiger charge is -2.22. The summed E-state index contributed by atoms with van der Waals surface area (Å²) >= 11 is 0. The monoisotopic (exact) mass is 232 g/mol. The molecule has 0 saturated carbocycles. The van der Waals surface area contributed by atoms with Crippen molar-refractivity contribution in [2.24, 2.45) is 0 Å². The van der Waals surface area contributed by atoms with Gasteiger partial charge in [-0.05, 0) is 27.7 Å². The summed E-state index contributed by atoms with van der Waals surface area (Å²) in [5, 5.41) is 17.7. The van der Waals surface area contributed by atoms with E-state index in [-0.39, 0.29) is 6.61 Å². The third-order valence-corrected chi connectivity index (χ3v) is 1.29. The number of hydrogen-bond acceptors (Lipinski definition) is 4. The molecule has 0 fully saturated rings. The molecule has 0 radical (unpaired) electrons. The van der Waals surface area contributed by atoms with Gasteiger partial charge in [-0.25, -0.2) is 9.59 Å². The van der Waals surface area contributed by atoms with Crippen LogP contribution in [0.15, 0.2) is 11.5 Å². The average molecular weight is 232 g/mol. The highest BCUT2D eigenvalue weighted by Crippen LogP contribution is 2.18. The van der Waals surface area contributed by atoms with Crippen LogP contribution in [0.1, 0.15) is 27.7 Å². The molecule has 0 atom stereocenters. The van der Waals surface area contributed by atoms with Crippen LogP contribution < -0.4 is 0 Å². The number of rotatable bonds is 5. The van der Waals surface area contributed by atoms with E-state index < -0.39 is 29.1 Å². The smallest absolute Gasteiger partial charge is 0.375 e. The van der Waals surface area contributed by atoms with Gasteiger partial charge in [0.15, 0.2) is 0 Å². The van der Waals surface area contributed by atoms with Crippen LogP contribution in [0.4, 0.5) is 0 Å². The molecule has 0 aromatic heterocycles. The first-order valence-corrected chi connectivity index (χ1v) is 4.71. The molecule has 0 heterocycles. The van der Waals surface area contributed by atoms with E-state index in [9.17, 15) is 9.59 Å². The van der Waals surface area contributed by atoms with Gasteiger partial charge in [-0.1, -0.05) is 0 Å². The molecule has 0 spiro atoms. The normalized spacial score (nSPS) is 12.8. The Morgan fingerprint density at radius 2 is 1.50 bits per heavy atom. The van der Waals surface area contributed by atoms with E-state index in [1.807, 2.05) is 0 Å². The molecule has 0 aliphatic carbocycles. The van der Waals surface area contributed by atoms with Crippen molar-refractivity contribution >= 4 is 11.9 Å². The molecule has 0 amide bonds. The second-order valence-electron chi connectivity index (χ2n) is 3.92. The van der Waals surface area contributed by atoms with Gasteiger partial charge in [0, 0.05) is 0 Å². The summed E-state index contributed by atoms with van der Waals surface area (Å²) in [6.45, 7) is 6.44. The highest BCUT2D eigenvalue weighted by molar-refractivity contribution is 5.95. The number of carbonyl (C=O) groups is 2. The fraction of sp³-hybridized carbons (Fsp3) is 0.600. The second kappa shape index (κ2) is 5.39. The van der Waals surface area contributed by atoms with Crippen LogP contribution in [-0.2, 0) is 19.1 Å². The van der Waals surface area contributed by atoms with Gasteiger partial charge in [-0.2, -0.15) is 0 Å².